The van der Waals surface area contributed by atoms with Crippen LogP contribution in [-0.4, -0.2) is 95.1 Å². The van der Waals surface area contributed by atoms with Gasteiger partial charge >= 0.3 is 11.8 Å². The highest BCUT2D eigenvalue weighted by atomic mass is 16.7. The highest BCUT2D eigenvalue weighted by molar-refractivity contribution is 6.37. The zero-order valence-electron chi connectivity index (χ0n) is 31.5. The van der Waals surface area contributed by atoms with E-state index in [-0.39, 0.29) is 28.0 Å². The molecule has 286 valence electrons. The van der Waals surface area contributed by atoms with Crippen molar-refractivity contribution in [3.63, 3.8) is 0 Å². The van der Waals surface area contributed by atoms with E-state index in [1.165, 1.54) is 60.1 Å². The SMILES string of the molecule is CN=CC1=C2NC(=O)/C(C)=C\C=C/C(C)C(O)C(C)C(O)C(C)C(OC(C)=O)C(C)C(OC)/C=C\OC3(C)Oc4c(C)c(O)c(c(c4C3=O)C1=O)C2=O. The highest BCUT2D eigenvalue weighted by Crippen LogP contribution is 2.48. The van der Waals surface area contributed by atoms with Gasteiger partial charge in [0.2, 0.25) is 5.78 Å². The molecule has 4 N–H and O–H groups in total. The number of carbonyl (C=O) groups is 5. The lowest BCUT2D eigenvalue weighted by Crippen LogP contribution is -2.46. The van der Waals surface area contributed by atoms with Crippen LogP contribution in [0.2, 0.25) is 0 Å². The van der Waals surface area contributed by atoms with Crippen LogP contribution in [0.1, 0.15) is 85.1 Å². The number of methoxy groups -OCH3 is 1. The molecule has 0 spiro atoms. The average molecular weight is 737 g/mol. The largest absolute Gasteiger partial charge is 0.507 e. The Balaban J connectivity index is 1.90. The van der Waals surface area contributed by atoms with Crippen molar-refractivity contribution in [1.82, 2.24) is 5.32 Å². The van der Waals surface area contributed by atoms with Crippen LogP contribution in [0.15, 0.2) is 52.4 Å². The van der Waals surface area contributed by atoms with Gasteiger partial charge < -0.3 is 39.6 Å². The van der Waals surface area contributed by atoms with Crippen LogP contribution in [-0.2, 0) is 23.8 Å². The third kappa shape index (κ3) is 7.62. The third-order valence-corrected chi connectivity index (χ3v) is 10.3. The minimum absolute atomic E-state index is 0.0136. The van der Waals surface area contributed by atoms with E-state index in [9.17, 15) is 39.3 Å². The van der Waals surface area contributed by atoms with Crippen LogP contribution in [0.4, 0.5) is 0 Å². The molecule has 1 amide bonds. The number of Topliss-reactive ketones (excluding diaryl/α,β-unsaturated/α-hetero) is 3. The average Bonchev–Trinajstić information content (AvgIpc) is 3.38. The number of aliphatic hydroxyl groups excluding tert-OH is 2. The molecule has 9 atom stereocenters. The second-order valence-electron chi connectivity index (χ2n) is 14.0. The lowest BCUT2D eigenvalue weighted by Gasteiger charge is -2.38. The predicted molar refractivity (Wildman–Crippen MR) is 193 cm³/mol. The number of esters is 1. The van der Waals surface area contributed by atoms with Crippen molar-refractivity contribution in [2.45, 2.75) is 85.6 Å². The summed E-state index contributed by atoms with van der Waals surface area (Å²) in [4.78, 5) is 71.8. The number of aliphatic hydroxyl groups is 2. The molecule has 3 aliphatic heterocycles. The first kappa shape index (κ1) is 40.8. The van der Waals surface area contributed by atoms with Crippen molar-refractivity contribution in [3.05, 3.63) is 69.7 Å². The number of aliphatic imine (C=N–C) groups is 1. The maximum absolute atomic E-state index is 14.1. The molecule has 0 aromatic heterocycles. The summed E-state index contributed by atoms with van der Waals surface area (Å²) >= 11 is 0. The Labute approximate surface area is 308 Å². The molecule has 0 saturated carbocycles. The van der Waals surface area contributed by atoms with Crippen LogP contribution in [0.25, 0.3) is 0 Å². The summed E-state index contributed by atoms with van der Waals surface area (Å²) in [7, 11) is 2.77. The summed E-state index contributed by atoms with van der Waals surface area (Å²) in [5.41, 5.74) is -1.85. The van der Waals surface area contributed by atoms with Gasteiger partial charge in [-0.05, 0) is 19.9 Å². The number of ether oxygens (including phenoxy) is 4. The number of carbonyl (C=O) groups excluding carboxylic acids is 5. The van der Waals surface area contributed by atoms with E-state index in [2.05, 4.69) is 10.3 Å². The molecule has 5 bridgehead atoms. The number of fused-ring (bicyclic) bond motifs is 14. The van der Waals surface area contributed by atoms with Gasteiger partial charge in [0, 0.05) is 69.0 Å². The number of benzene rings is 1. The number of ketones is 3. The van der Waals surface area contributed by atoms with Crippen molar-refractivity contribution in [2.75, 3.05) is 14.2 Å². The summed E-state index contributed by atoms with van der Waals surface area (Å²) in [6.45, 7) is 12.3. The quantitative estimate of drug-likeness (QED) is 0.259. The van der Waals surface area contributed by atoms with Gasteiger partial charge in [0.25, 0.3) is 11.7 Å². The van der Waals surface area contributed by atoms with E-state index in [0.717, 1.165) is 12.5 Å². The fraction of sp³-hybridized carbons (Fsp3) is 0.487. The Hall–Kier alpha value is -4.92. The fourth-order valence-electron chi connectivity index (χ4n) is 6.97. The van der Waals surface area contributed by atoms with Gasteiger partial charge in [-0.2, -0.15) is 0 Å². The molecule has 14 nitrogen and oxygen atoms in total. The third-order valence-electron chi connectivity index (χ3n) is 10.3. The van der Waals surface area contributed by atoms with E-state index in [0.29, 0.717) is 0 Å². The number of phenolic OH excluding ortho intramolecular Hbond substituents is 1. The Morgan fingerprint density at radius 3 is 2.23 bits per heavy atom. The molecule has 9 unspecified atom stereocenters. The van der Waals surface area contributed by atoms with Gasteiger partial charge in [-0.1, -0.05) is 45.9 Å². The summed E-state index contributed by atoms with van der Waals surface area (Å²) in [6.07, 6.45) is 4.42. The molecule has 0 saturated heterocycles. The number of amides is 1. The molecule has 4 aliphatic rings. The van der Waals surface area contributed by atoms with Crippen LogP contribution in [0.3, 0.4) is 0 Å². The number of allylic oxidation sites excluding steroid dienone is 4. The first-order valence-corrected chi connectivity index (χ1v) is 17.3. The molecule has 5 rings (SSSR count). The van der Waals surface area contributed by atoms with Crippen molar-refractivity contribution < 1.29 is 58.2 Å². The summed E-state index contributed by atoms with van der Waals surface area (Å²) in [6, 6.07) is 0. The number of hydrogen-bond acceptors (Lipinski definition) is 13. The van der Waals surface area contributed by atoms with E-state index in [1.54, 1.807) is 33.8 Å². The van der Waals surface area contributed by atoms with Crippen molar-refractivity contribution in [2.24, 2.45) is 28.7 Å². The lowest BCUT2D eigenvalue weighted by atomic mass is 9.78. The molecule has 53 heavy (non-hydrogen) atoms. The summed E-state index contributed by atoms with van der Waals surface area (Å²) in [5, 5.41) is 36.4. The number of rotatable bonds is 3. The van der Waals surface area contributed by atoms with Crippen LogP contribution >= 0.6 is 0 Å². The Morgan fingerprint density at radius 1 is 0.962 bits per heavy atom. The minimum Gasteiger partial charge on any atom is -0.507 e. The van der Waals surface area contributed by atoms with E-state index in [1.807, 2.05) is 0 Å². The predicted octanol–water partition coefficient (Wildman–Crippen LogP) is 3.70. The first-order chi connectivity index (χ1) is 24.8. The molecule has 14 heteroatoms. The fourth-order valence-corrected chi connectivity index (χ4v) is 6.97. The normalized spacial score (nSPS) is 33.5. The number of nitrogens with zero attached hydrogens (tertiary/aromatic N) is 1. The maximum atomic E-state index is 14.1. The topological polar surface area (TPSA) is 207 Å². The molecule has 0 radical (unpaired) electrons. The van der Waals surface area contributed by atoms with Crippen molar-refractivity contribution >= 4 is 35.4 Å². The maximum Gasteiger partial charge on any atom is 0.312 e. The second-order valence-corrected chi connectivity index (χ2v) is 14.0. The number of aromatic hydroxyl groups is 1. The van der Waals surface area contributed by atoms with Crippen LogP contribution in [0.5, 0.6) is 11.5 Å². The molecule has 3 heterocycles. The number of nitrogens with one attached hydrogen (secondary N) is 1. The van der Waals surface area contributed by atoms with Crippen LogP contribution in [0, 0.1) is 30.6 Å². The zero-order valence-corrected chi connectivity index (χ0v) is 31.5. The standard InChI is InChI=1S/C39H48N2O12/c1-17-12-11-13-18(2)38(49)41-29-24(16-40-9)33(46)26-27(34(29)47)32(45)22(6)36-28(26)37(48)39(8,53-36)51-15-14-25(50-10)19(3)35(52-23(7)42)21(5)31(44)20(4)30(17)43/h11-17,19-21,25,30-31,35,43-45H,1-10H3,(H,41,49)/b12-11-,15-14-,18-13-,40-16?. The summed E-state index contributed by atoms with van der Waals surface area (Å²) < 4.78 is 23.2. The molecule has 1 aromatic rings. The van der Waals surface area contributed by atoms with Crippen molar-refractivity contribution in [3.8, 4) is 11.5 Å². The molecular formula is C39H48N2O12. The Bertz CT molecular complexity index is 1860. The Morgan fingerprint density at radius 2 is 1.62 bits per heavy atom. The smallest absolute Gasteiger partial charge is 0.312 e. The van der Waals surface area contributed by atoms with E-state index >= 15 is 0 Å². The van der Waals surface area contributed by atoms with Gasteiger partial charge in [0.1, 0.15) is 23.3 Å². The van der Waals surface area contributed by atoms with Crippen molar-refractivity contribution in [1.29, 1.82) is 0 Å². The van der Waals surface area contributed by atoms with Gasteiger partial charge in [-0.15, -0.1) is 0 Å². The number of phenols is 1. The van der Waals surface area contributed by atoms with E-state index < -0.39 is 106 Å². The van der Waals surface area contributed by atoms with E-state index in [4.69, 9.17) is 18.9 Å². The minimum atomic E-state index is -2.07. The summed E-state index contributed by atoms with van der Waals surface area (Å²) in [5.74, 6) is -9.32. The van der Waals surface area contributed by atoms with Gasteiger partial charge in [-0.25, -0.2) is 0 Å². The first-order valence-electron chi connectivity index (χ1n) is 17.3. The highest BCUT2D eigenvalue weighted by Gasteiger charge is 2.52. The molecule has 1 aromatic carbocycles. The molecule has 0 fully saturated rings. The van der Waals surface area contributed by atoms with Gasteiger partial charge in [-0.3, -0.25) is 29.0 Å². The lowest BCUT2D eigenvalue weighted by molar-refractivity contribution is -0.160. The number of hydrogen-bond donors (Lipinski definition) is 4. The monoisotopic (exact) mass is 736 g/mol. The Kier molecular flexibility index (Phi) is 12.3. The zero-order chi connectivity index (χ0) is 39.7. The van der Waals surface area contributed by atoms with Gasteiger partial charge in [0.05, 0.1) is 46.8 Å². The van der Waals surface area contributed by atoms with Crippen LogP contribution < -0.4 is 10.1 Å². The molecular weight excluding hydrogens is 688 g/mol. The molecule has 1 aliphatic carbocycles. The second kappa shape index (κ2) is 16.0. The van der Waals surface area contributed by atoms with Gasteiger partial charge in [0.15, 0.2) is 5.78 Å².